The number of amides is 2. The molecule has 0 aliphatic carbocycles. The minimum Gasteiger partial charge on any atom is -0.496 e. The van der Waals surface area contributed by atoms with Crippen LogP contribution in [0.25, 0.3) is 22.2 Å². The van der Waals surface area contributed by atoms with Crippen molar-refractivity contribution in [2.75, 3.05) is 38.7 Å². The molecule has 2 amide bonds. The maximum Gasteiger partial charge on any atom is 0.254 e. The van der Waals surface area contributed by atoms with E-state index in [0.717, 1.165) is 82.9 Å². The van der Waals surface area contributed by atoms with Crippen LogP contribution in [0.2, 0.25) is 0 Å². The largest absolute Gasteiger partial charge is 0.496 e. The van der Waals surface area contributed by atoms with Gasteiger partial charge in [-0.3, -0.25) is 14.5 Å². The lowest BCUT2D eigenvalue weighted by Gasteiger charge is -2.29. The second-order valence-electron chi connectivity index (χ2n) is 15.3. The third-order valence-corrected chi connectivity index (χ3v) is 11.6. The van der Waals surface area contributed by atoms with E-state index in [4.69, 9.17) is 20.2 Å². The average Bonchev–Trinajstić information content (AvgIpc) is 3.98. The highest BCUT2D eigenvalue weighted by Crippen LogP contribution is 2.36. The van der Waals surface area contributed by atoms with Crippen molar-refractivity contribution < 1.29 is 19.1 Å². The van der Waals surface area contributed by atoms with Gasteiger partial charge < -0.3 is 30.7 Å². The number of anilines is 1. The fraction of sp³-hybridized carbons (Fsp3) is 0.409. The fourth-order valence-electron chi connectivity index (χ4n) is 8.67. The zero-order valence-electron chi connectivity index (χ0n) is 32.6. The summed E-state index contributed by atoms with van der Waals surface area (Å²) in [6, 6.07) is 22.9. The van der Waals surface area contributed by atoms with E-state index in [1.807, 2.05) is 27.9 Å². The monoisotopic (exact) mass is 756 g/mol. The lowest BCUT2D eigenvalue weighted by Crippen LogP contribution is -2.42. The molecule has 2 bridgehead atoms. The minimum atomic E-state index is -0.582. The molecule has 56 heavy (non-hydrogen) atoms. The number of nitrogens with zero attached hydrogens (tertiary/aromatic N) is 5. The number of rotatable bonds is 14. The highest BCUT2D eigenvalue weighted by molar-refractivity contribution is 5.99. The van der Waals surface area contributed by atoms with Gasteiger partial charge in [0, 0.05) is 92.0 Å². The molecule has 3 saturated heterocycles. The van der Waals surface area contributed by atoms with Crippen molar-refractivity contribution in [1.82, 2.24) is 29.9 Å². The Morgan fingerprint density at radius 2 is 1.84 bits per heavy atom. The quantitative estimate of drug-likeness (QED) is 0.129. The Labute approximate surface area is 328 Å². The molecule has 0 saturated carbocycles. The van der Waals surface area contributed by atoms with E-state index in [1.54, 1.807) is 31.4 Å². The van der Waals surface area contributed by atoms with Crippen LogP contribution in [0.15, 0.2) is 72.9 Å². The van der Waals surface area contributed by atoms with Crippen LogP contribution >= 0.6 is 0 Å². The summed E-state index contributed by atoms with van der Waals surface area (Å²) < 4.78 is 13.5. The fourth-order valence-corrected chi connectivity index (χ4v) is 8.67. The number of ether oxygens (including phenoxy) is 2. The molecule has 0 spiro atoms. The van der Waals surface area contributed by atoms with Gasteiger partial charge in [0.1, 0.15) is 5.75 Å². The molecule has 292 valence electrons. The van der Waals surface area contributed by atoms with Gasteiger partial charge in [-0.2, -0.15) is 5.10 Å². The molecule has 3 aromatic carbocycles. The molecular weight excluding hydrogens is 705 g/mol. The molecular formula is C44H52N8O4. The van der Waals surface area contributed by atoms with Crippen molar-refractivity contribution in [2.24, 2.45) is 5.73 Å². The number of hydrogen-bond acceptors (Lipinski definition) is 9. The highest BCUT2D eigenvalue weighted by Gasteiger charge is 2.37. The Hall–Kier alpha value is -5.30. The van der Waals surface area contributed by atoms with Gasteiger partial charge in [0.05, 0.1) is 30.9 Å². The van der Waals surface area contributed by atoms with E-state index < -0.39 is 5.91 Å². The van der Waals surface area contributed by atoms with E-state index >= 15 is 0 Å². The smallest absolute Gasteiger partial charge is 0.254 e. The van der Waals surface area contributed by atoms with Crippen LogP contribution in [0.4, 0.5) is 5.69 Å². The lowest BCUT2D eigenvalue weighted by atomic mass is 9.98. The molecule has 3 aliphatic rings. The topological polar surface area (TPSA) is 140 Å². The molecule has 5 aromatic rings. The van der Waals surface area contributed by atoms with Crippen molar-refractivity contribution in [3.63, 3.8) is 0 Å². The third-order valence-electron chi connectivity index (χ3n) is 11.6. The molecule has 3 aliphatic heterocycles. The number of nitrogens with one attached hydrogen (secondary N) is 2. The number of piperazine rings is 1. The summed E-state index contributed by atoms with van der Waals surface area (Å²) in [6.07, 6.45) is 5.52. The first kappa shape index (κ1) is 37.6. The summed E-state index contributed by atoms with van der Waals surface area (Å²) in [4.78, 5) is 36.6. The molecule has 8 rings (SSSR count). The summed E-state index contributed by atoms with van der Waals surface area (Å²) in [6.45, 7) is 9.85. The Balaban J connectivity index is 1.18. The number of carbonyl (C=O) groups excluding carboxylic acids is 2. The van der Waals surface area contributed by atoms with E-state index in [-0.39, 0.29) is 24.1 Å². The van der Waals surface area contributed by atoms with Gasteiger partial charge in [0.25, 0.3) is 5.91 Å². The number of primary amides is 1. The summed E-state index contributed by atoms with van der Waals surface area (Å²) in [5.74, 6) is -0.0348. The number of aromatic nitrogens is 3. The SMILES string of the molecule is CCc1nc2c(cnn2CC)c(NC2CCOCC2)c1CN(Cc1ccc(OC)c(-c2cccc(CN3C[C@@H]4C[C@H]3CN4)c2)c1)C(=O)c1cccc(C(N)=O)c1. The average molecular weight is 757 g/mol. The molecule has 2 atom stereocenters. The Kier molecular flexibility index (Phi) is 11.0. The van der Waals surface area contributed by atoms with Gasteiger partial charge in [-0.25, -0.2) is 9.67 Å². The zero-order chi connectivity index (χ0) is 38.8. The highest BCUT2D eigenvalue weighted by atomic mass is 16.5. The Morgan fingerprint density at radius 1 is 1.02 bits per heavy atom. The number of hydrogen-bond donors (Lipinski definition) is 3. The van der Waals surface area contributed by atoms with E-state index in [2.05, 4.69) is 64.8 Å². The number of pyridine rings is 1. The first-order valence-corrected chi connectivity index (χ1v) is 20.0. The third kappa shape index (κ3) is 7.73. The minimum absolute atomic E-state index is 0.205. The summed E-state index contributed by atoms with van der Waals surface area (Å²) in [7, 11) is 1.70. The standard InChI is InChI=1S/C44H52N8O4/c1-4-39-38(41(48-33-14-16-56-17-15-33)37-23-47-52(5-2)43(37)49-39)27-51(44(54)32-11-7-10-31(20-32)42(45)53)25-29-12-13-40(55-3)36(19-29)30-9-6-8-28(18-30)24-50-26-34-21-35(50)22-46-34/h6-13,18-20,23,33-35,46H,4-5,14-17,21-22,24-27H2,1-3H3,(H2,45,53)(H,48,49)/t34-,35-/m0/s1. The number of likely N-dealkylation sites (tertiary alicyclic amines) is 1. The van der Waals surface area contributed by atoms with Crippen molar-refractivity contribution in [3.05, 3.63) is 106 Å². The Bertz CT molecular complexity index is 2230. The van der Waals surface area contributed by atoms with Crippen LogP contribution in [0, 0.1) is 0 Å². The number of carbonyl (C=O) groups is 2. The van der Waals surface area contributed by atoms with E-state index in [0.29, 0.717) is 50.4 Å². The van der Waals surface area contributed by atoms with Crippen LogP contribution in [0.1, 0.15) is 76.2 Å². The van der Waals surface area contributed by atoms with Crippen LogP contribution in [0.3, 0.4) is 0 Å². The second kappa shape index (κ2) is 16.4. The molecule has 3 fully saturated rings. The second-order valence-corrected chi connectivity index (χ2v) is 15.3. The van der Waals surface area contributed by atoms with Crippen LogP contribution < -0.4 is 21.1 Å². The number of methoxy groups -OCH3 is 1. The lowest BCUT2D eigenvalue weighted by molar-refractivity contribution is 0.0730. The summed E-state index contributed by atoms with van der Waals surface area (Å²) in [5, 5.41) is 13.1. The van der Waals surface area contributed by atoms with Gasteiger partial charge in [-0.1, -0.05) is 37.3 Å². The maximum absolute atomic E-state index is 14.8. The molecule has 4 N–H and O–H groups in total. The van der Waals surface area contributed by atoms with Gasteiger partial charge in [0.15, 0.2) is 5.65 Å². The molecule has 0 radical (unpaired) electrons. The normalized spacial score (nSPS) is 18.4. The molecule has 12 nitrogen and oxygen atoms in total. The van der Waals surface area contributed by atoms with Gasteiger partial charge in [0.2, 0.25) is 5.91 Å². The van der Waals surface area contributed by atoms with Gasteiger partial charge in [-0.15, -0.1) is 0 Å². The first-order valence-electron chi connectivity index (χ1n) is 20.0. The number of aryl methyl sites for hydroxylation is 2. The van der Waals surface area contributed by atoms with Crippen LogP contribution in [-0.2, 0) is 37.3 Å². The van der Waals surface area contributed by atoms with E-state index in [1.165, 1.54) is 12.0 Å². The number of nitrogens with two attached hydrogens (primary N) is 1. The number of fused-ring (bicyclic) bond motifs is 3. The maximum atomic E-state index is 14.8. The van der Waals surface area contributed by atoms with Gasteiger partial charge >= 0.3 is 0 Å². The van der Waals surface area contributed by atoms with Crippen molar-refractivity contribution in [3.8, 4) is 16.9 Å². The van der Waals surface area contributed by atoms with Crippen LogP contribution in [0.5, 0.6) is 5.75 Å². The summed E-state index contributed by atoms with van der Waals surface area (Å²) >= 11 is 0. The predicted molar refractivity (Wildman–Crippen MR) is 218 cm³/mol. The molecule has 12 heteroatoms. The molecule has 5 heterocycles. The molecule has 2 aromatic heterocycles. The Morgan fingerprint density at radius 3 is 2.57 bits per heavy atom. The first-order chi connectivity index (χ1) is 27.3. The number of benzene rings is 3. The van der Waals surface area contributed by atoms with Crippen molar-refractivity contribution >= 4 is 28.5 Å². The van der Waals surface area contributed by atoms with Crippen molar-refractivity contribution in [2.45, 2.75) is 83.8 Å². The van der Waals surface area contributed by atoms with E-state index in [9.17, 15) is 9.59 Å². The van der Waals surface area contributed by atoms with Crippen molar-refractivity contribution in [1.29, 1.82) is 0 Å². The summed E-state index contributed by atoms with van der Waals surface area (Å²) in [5.41, 5.74) is 14.2. The van der Waals surface area contributed by atoms with Gasteiger partial charge in [-0.05, 0) is 85.7 Å². The zero-order valence-corrected chi connectivity index (χ0v) is 32.6. The van der Waals surface area contributed by atoms with Crippen LogP contribution in [-0.4, -0.2) is 87.9 Å². The molecule has 0 unspecified atom stereocenters. The predicted octanol–water partition coefficient (Wildman–Crippen LogP) is 5.77.